The molecule has 136 valence electrons. The summed E-state index contributed by atoms with van der Waals surface area (Å²) >= 11 is 0. The Morgan fingerprint density at radius 1 is 1.24 bits per heavy atom. The van der Waals surface area contributed by atoms with Crippen LogP contribution in [0.3, 0.4) is 0 Å². The van der Waals surface area contributed by atoms with Crippen LogP contribution in [-0.4, -0.2) is 32.3 Å². The van der Waals surface area contributed by atoms with Crippen molar-refractivity contribution < 1.29 is 13.2 Å². The number of nitriles is 1. The van der Waals surface area contributed by atoms with Gasteiger partial charge in [0.2, 0.25) is 10.0 Å². The summed E-state index contributed by atoms with van der Waals surface area (Å²) in [4.78, 5) is 14.2. The van der Waals surface area contributed by atoms with E-state index in [1.165, 1.54) is 24.3 Å². The van der Waals surface area contributed by atoms with E-state index in [1.54, 1.807) is 6.20 Å². The third-order valence-electron chi connectivity index (χ3n) is 3.43. The molecule has 0 spiro atoms. The lowest BCUT2D eigenvalue weighted by molar-refractivity contribution is -0.112. The van der Waals surface area contributed by atoms with Crippen molar-refractivity contribution in [1.29, 1.82) is 5.26 Å². The largest absolute Gasteiger partial charge is 0.376 e. The number of hydrogen-bond donors (Lipinski definition) is 2. The predicted octanol–water partition coefficient (Wildman–Crippen LogP) is 2.19. The third kappa shape index (κ3) is 6.95. The van der Waals surface area contributed by atoms with Crippen LogP contribution in [0.25, 0.3) is 0 Å². The molecule has 0 unspecified atom stereocenters. The minimum atomic E-state index is -3.78. The molecule has 0 aliphatic heterocycles. The van der Waals surface area contributed by atoms with Crippen LogP contribution < -0.4 is 10.5 Å². The lowest BCUT2D eigenvalue weighted by Gasteiger charge is -2.19. The van der Waals surface area contributed by atoms with Gasteiger partial charge in [0.05, 0.1) is 4.90 Å². The highest BCUT2D eigenvalue weighted by Crippen LogP contribution is 2.14. The van der Waals surface area contributed by atoms with Gasteiger partial charge in [-0.2, -0.15) is 5.26 Å². The summed E-state index contributed by atoms with van der Waals surface area (Å²) in [5, 5.41) is 16.9. The van der Waals surface area contributed by atoms with Crippen LogP contribution in [0.2, 0.25) is 0 Å². The number of rotatable bonds is 9. The first-order chi connectivity index (χ1) is 11.8. The number of amides is 1. The smallest absolute Gasteiger partial charge is 0.267 e. The van der Waals surface area contributed by atoms with Crippen LogP contribution >= 0.6 is 0 Å². The second-order valence-corrected chi connectivity index (χ2v) is 7.13. The number of primary sulfonamides is 1. The van der Waals surface area contributed by atoms with Crippen LogP contribution in [0, 0.1) is 11.3 Å². The van der Waals surface area contributed by atoms with E-state index >= 15 is 0 Å². The van der Waals surface area contributed by atoms with E-state index in [-0.39, 0.29) is 10.5 Å². The Balaban J connectivity index is 2.88. The highest BCUT2D eigenvalue weighted by Gasteiger charge is 2.12. The molecule has 1 rings (SSSR count). The van der Waals surface area contributed by atoms with Crippen molar-refractivity contribution in [1.82, 2.24) is 4.90 Å². The first kappa shape index (κ1) is 20.7. The number of nitrogens with two attached hydrogens (primary N) is 1. The third-order valence-corrected chi connectivity index (χ3v) is 4.36. The molecular weight excluding hydrogens is 340 g/mol. The molecule has 0 saturated heterocycles. The molecule has 7 nitrogen and oxygen atoms in total. The van der Waals surface area contributed by atoms with Crippen molar-refractivity contribution in [3.05, 3.63) is 36.0 Å². The van der Waals surface area contributed by atoms with Gasteiger partial charge in [-0.15, -0.1) is 0 Å². The van der Waals surface area contributed by atoms with Gasteiger partial charge >= 0.3 is 0 Å². The molecule has 1 amide bonds. The van der Waals surface area contributed by atoms with Crippen molar-refractivity contribution >= 4 is 21.6 Å². The van der Waals surface area contributed by atoms with Gasteiger partial charge in [-0.05, 0) is 37.1 Å². The molecule has 0 radical (unpaired) electrons. The van der Waals surface area contributed by atoms with Gasteiger partial charge in [-0.1, -0.05) is 20.3 Å². The van der Waals surface area contributed by atoms with Gasteiger partial charge in [0.1, 0.15) is 11.6 Å². The second kappa shape index (κ2) is 9.81. The summed E-state index contributed by atoms with van der Waals surface area (Å²) < 4.78 is 22.4. The predicted molar refractivity (Wildman–Crippen MR) is 96.9 cm³/mol. The second-order valence-electron chi connectivity index (χ2n) is 5.57. The zero-order valence-corrected chi connectivity index (χ0v) is 15.3. The Hall–Kier alpha value is -2.37. The number of anilines is 1. The van der Waals surface area contributed by atoms with Crippen LogP contribution in [0.5, 0.6) is 0 Å². The van der Waals surface area contributed by atoms with E-state index in [0.29, 0.717) is 5.69 Å². The van der Waals surface area contributed by atoms with Crippen molar-refractivity contribution in [3.8, 4) is 6.07 Å². The Kier molecular flexibility index (Phi) is 8.11. The number of carbonyl (C=O) groups is 1. The first-order valence-corrected chi connectivity index (χ1v) is 9.66. The van der Waals surface area contributed by atoms with Crippen LogP contribution in [0.4, 0.5) is 5.69 Å². The molecule has 0 aromatic heterocycles. The zero-order chi connectivity index (χ0) is 18.9. The minimum Gasteiger partial charge on any atom is -0.376 e. The van der Waals surface area contributed by atoms with Gasteiger partial charge in [-0.25, -0.2) is 13.6 Å². The number of sulfonamides is 1. The molecule has 0 heterocycles. The van der Waals surface area contributed by atoms with Gasteiger partial charge in [0.15, 0.2) is 0 Å². The zero-order valence-electron chi connectivity index (χ0n) is 14.5. The van der Waals surface area contributed by atoms with Crippen LogP contribution in [-0.2, 0) is 14.8 Å². The Labute approximate surface area is 149 Å². The first-order valence-electron chi connectivity index (χ1n) is 8.12. The lowest BCUT2D eigenvalue weighted by atomic mass is 10.2. The molecule has 0 aliphatic carbocycles. The summed E-state index contributed by atoms with van der Waals surface area (Å²) in [7, 11) is -3.78. The molecule has 0 saturated carbocycles. The van der Waals surface area contributed by atoms with E-state index < -0.39 is 15.9 Å². The number of hydrogen-bond acceptors (Lipinski definition) is 5. The fraction of sp³-hybridized carbons (Fsp3) is 0.412. The molecule has 1 aromatic carbocycles. The standard InChI is InChI=1S/C17H24N4O3S/c1-3-5-11-21(10-4-2)13-14(12-18)17(22)20-15-6-8-16(9-7-15)25(19,23)24/h6-9,13H,3-5,10-11H2,1-2H3,(H,20,22)(H2,19,23,24)/b14-13-. The summed E-state index contributed by atoms with van der Waals surface area (Å²) in [6.07, 6.45) is 4.49. The van der Waals surface area contributed by atoms with E-state index in [1.807, 2.05) is 17.9 Å². The molecule has 3 N–H and O–H groups in total. The van der Waals surface area contributed by atoms with Gasteiger partial charge in [0.25, 0.3) is 5.91 Å². The molecule has 0 fully saturated rings. The average molecular weight is 364 g/mol. The van der Waals surface area contributed by atoms with Crippen molar-refractivity contribution in [3.63, 3.8) is 0 Å². The maximum atomic E-state index is 12.3. The topological polar surface area (TPSA) is 116 Å². The number of nitrogens with zero attached hydrogens (tertiary/aromatic N) is 2. The summed E-state index contributed by atoms with van der Waals surface area (Å²) in [5.74, 6) is -0.538. The normalized spacial score (nSPS) is 11.7. The average Bonchev–Trinajstić information content (AvgIpc) is 2.56. The lowest BCUT2D eigenvalue weighted by Crippen LogP contribution is -2.23. The van der Waals surface area contributed by atoms with E-state index in [4.69, 9.17) is 5.14 Å². The summed E-state index contributed by atoms with van der Waals surface area (Å²) in [5.41, 5.74) is 0.384. The quantitative estimate of drug-likeness (QED) is 0.514. The van der Waals surface area contributed by atoms with Crippen LogP contribution in [0.15, 0.2) is 40.9 Å². The monoisotopic (exact) mass is 364 g/mol. The fourth-order valence-corrected chi connectivity index (χ4v) is 2.65. The SMILES string of the molecule is CCCCN(/C=C(/C#N)C(=O)Nc1ccc(S(N)(=O)=O)cc1)CCC. The molecule has 8 heteroatoms. The van der Waals surface area contributed by atoms with E-state index in [0.717, 1.165) is 32.4 Å². The van der Waals surface area contributed by atoms with Gasteiger partial charge in [-0.3, -0.25) is 4.79 Å². The highest BCUT2D eigenvalue weighted by atomic mass is 32.2. The summed E-state index contributed by atoms with van der Waals surface area (Å²) in [6, 6.07) is 7.36. The van der Waals surface area contributed by atoms with Crippen molar-refractivity contribution in [2.24, 2.45) is 5.14 Å². The molecule has 0 atom stereocenters. The Bertz CT molecular complexity index is 749. The number of nitrogens with one attached hydrogen (secondary N) is 1. The van der Waals surface area contributed by atoms with Gasteiger partial charge in [0, 0.05) is 25.0 Å². The Morgan fingerprint density at radius 3 is 2.36 bits per heavy atom. The van der Waals surface area contributed by atoms with Crippen LogP contribution in [0.1, 0.15) is 33.1 Å². The van der Waals surface area contributed by atoms with Gasteiger partial charge < -0.3 is 10.2 Å². The van der Waals surface area contributed by atoms with Crippen molar-refractivity contribution in [2.75, 3.05) is 18.4 Å². The number of carbonyl (C=O) groups excluding carboxylic acids is 1. The number of benzene rings is 1. The summed E-state index contributed by atoms with van der Waals surface area (Å²) in [6.45, 7) is 5.66. The van der Waals surface area contributed by atoms with Crippen molar-refractivity contribution in [2.45, 2.75) is 38.0 Å². The number of unbranched alkanes of at least 4 members (excludes halogenated alkanes) is 1. The molecule has 1 aromatic rings. The minimum absolute atomic E-state index is 0.0000703. The van der Waals surface area contributed by atoms with E-state index in [2.05, 4.69) is 12.2 Å². The molecule has 0 bridgehead atoms. The molecule has 25 heavy (non-hydrogen) atoms. The molecule has 0 aliphatic rings. The maximum Gasteiger partial charge on any atom is 0.267 e. The fourth-order valence-electron chi connectivity index (χ4n) is 2.14. The highest BCUT2D eigenvalue weighted by molar-refractivity contribution is 7.89. The Morgan fingerprint density at radius 2 is 1.88 bits per heavy atom. The molecular formula is C17H24N4O3S. The maximum absolute atomic E-state index is 12.3. The van der Waals surface area contributed by atoms with E-state index in [9.17, 15) is 18.5 Å².